The van der Waals surface area contributed by atoms with Crippen molar-refractivity contribution in [3.05, 3.63) is 59.8 Å². The second kappa shape index (κ2) is 9.52. The van der Waals surface area contributed by atoms with E-state index in [2.05, 4.69) is 15.4 Å². The van der Waals surface area contributed by atoms with E-state index in [1.807, 2.05) is 35.2 Å². The summed E-state index contributed by atoms with van der Waals surface area (Å²) >= 11 is 0. The Morgan fingerprint density at radius 2 is 1.82 bits per heavy atom. The smallest absolute Gasteiger partial charge is 0.295 e. The molecule has 3 aromatic rings. The molecule has 1 aliphatic rings. The second-order valence-electron chi connectivity index (χ2n) is 7.71. The predicted octanol–water partition coefficient (Wildman–Crippen LogP) is -0.745. The van der Waals surface area contributed by atoms with Crippen molar-refractivity contribution >= 4 is 34.2 Å². The van der Waals surface area contributed by atoms with Crippen molar-refractivity contribution in [1.82, 2.24) is 25.2 Å². The van der Waals surface area contributed by atoms with Gasteiger partial charge in [0.05, 0.1) is 28.4 Å². The van der Waals surface area contributed by atoms with Gasteiger partial charge in [-0.1, -0.05) is 18.2 Å². The number of rotatable bonds is 7. The highest BCUT2D eigenvalue weighted by Gasteiger charge is 2.32. The minimum absolute atomic E-state index is 0.0331. The monoisotopic (exact) mass is 469 g/mol. The summed E-state index contributed by atoms with van der Waals surface area (Å²) in [6, 6.07) is 9.24. The van der Waals surface area contributed by atoms with Gasteiger partial charge in [0.1, 0.15) is 0 Å². The molecule has 1 atom stereocenters. The SMILES string of the molecule is NNC(N1CCN(C(=O)C(=O)c2c[nH]c3c(C(N)=O)ncc(F)c23)CC1)N(N)c1ccccc1. The van der Waals surface area contributed by atoms with E-state index in [1.165, 1.54) is 16.1 Å². The highest BCUT2D eigenvalue weighted by Crippen LogP contribution is 2.24. The highest BCUT2D eigenvalue weighted by atomic mass is 19.1. The lowest BCUT2D eigenvalue weighted by Gasteiger charge is -2.42. The summed E-state index contributed by atoms with van der Waals surface area (Å²) in [4.78, 5) is 47.0. The number of hydrazine groups is 2. The molecule has 0 bridgehead atoms. The van der Waals surface area contributed by atoms with Crippen LogP contribution >= 0.6 is 0 Å². The zero-order valence-corrected chi connectivity index (χ0v) is 18.1. The van der Waals surface area contributed by atoms with Crippen molar-refractivity contribution in [2.75, 3.05) is 31.2 Å². The van der Waals surface area contributed by atoms with Crippen LogP contribution in [0.4, 0.5) is 10.1 Å². The van der Waals surface area contributed by atoms with E-state index in [1.54, 1.807) is 0 Å². The predicted molar refractivity (Wildman–Crippen MR) is 121 cm³/mol. The first-order valence-electron chi connectivity index (χ1n) is 10.4. The topological polar surface area (TPSA) is 180 Å². The van der Waals surface area contributed by atoms with E-state index in [9.17, 15) is 18.8 Å². The molecule has 0 spiro atoms. The van der Waals surface area contributed by atoms with Crippen LogP contribution in [0.3, 0.4) is 0 Å². The molecule has 13 heteroatoms. The van der Waals surface area contributed by atoms with Crippen LogP contribution in [0.1, 0.15) is 20.8 Å². The Hall–Kier alpha value is -3.91. The summed E-state index contributed by atoms with van der Waals surface area (Å²) in [7, 11) is 0. The molecule has 34 heavy (non-hydrogen) atoms. The Morgan fingerprint density at radius 3 is 2.44 bits per heavy atom. The number of aromatic nitrogens is 2. The average molecular weight is 469 g/mol. The molecule has 1 fully saturated rings. The van der Waals surface area contributed by atoms with Gasteiger partial charge in [0.15, 0.2) is 17.8 Å². The Balaban J connectivity index is 1.47. The van der Waals surface area contributed by atoms with Crippen LogP contribution in [0.25, 0.3) is 10.9 Å². The van der Waals surface area contributed by atoms with Crippen molar-refractivity contribution in [3.8, 4) is 0 Å². The number of piperazine rings is 1. The van der Waals surface area contributed by atoms with Gasteiger partial charge in [0.2, 0.25) is 0 Å². The molecule has 1 saturated heterocycles. The number of amides is 2. The number of primary amides is 1. The zero-order valence-electron chi connectivity index (χ0n) is 18.1. The average Bonchev–Trinajstić information content (AvgIpc) is 3.30. The van der Waals surface area contributed by atoms with Crippen molar-refractivity contribution in [2.45, 2.75) is 6.29 Å². The number of nitrogens with two attached hydrogens (primary N) is 3. The molecule has 1 aliphatic heterocycles. The van der Waals surface area contributed by atoms with Gasteiger partial charge in [-0.15, -0.1) is 0 Å². The molecule has 0 radical (unpaired) electrons. The summed E-state index contributed by atoms with van der Waals surface area (Å²) in [5.74, 6) is 8.52. The summed E-state index contributed by atoms with van der Waals surface area (Å²) in [6.07, 6.45) is 1.43. The summed E-state index contributed by atoms with van der Waals surface area (Å²) in [5.41, 5.74) is 8.23. The number of carbonyl (C=O) groups is 3. The van der Waals surface area contributed by atoms with Gasteiger partial charge < -0.3 is 15.6 Å². The van der Waals surface area contributed by atoms with Crippen LogP contribution in [0, 0.1) is 5.82 Å². The third kappa shape index (κ3) is 4.20. The number of fused-ring (bicyclic) bond motifs is 1. The maximum atomic E-state index is 14.4. The molecule has 0 saturated carbocycles. The standard InChI is InChI=1S/C21H24FN9O3/c22-14-11-27-17(19(23)33)16-15(14)13(10-26-16)18(32)20(34)29-6-8-30(9-7-29)21(28-24)31(25)12-4-2-1-3-5-12/h1-5,10-11,21,26,28H,6-9,24-25H2,(H2,23,33). The first-order chi connectivity index (χ1) is 16.3. The Labute approximate surface area is 193 Å². The molecule has 4 rings (SSSR count). The minimum atomic E-state index is -0.904. The van der Waals surface area contributed by atoms with Crippen LogP contribution < -0.4 is 27.9 Å². The molecule has 2 amide bonds. The molecule has 1 aromatic carbocycles. The van der Waals surface area contributed by atoms with Gasteiger partial charge in [-0.2, -0.15) is 0 Å². The van der Waals surface area contributed by atoms with Gasteiger partial charge in [-0.25, -0.2) is 20.6 Å². The van der Waals surface area contributed by atoms with Gasteiger partial charge in [-0.05, 0) is 12.1 Å². The molecular formula is C21H24FN9O3. The summed E-state index contributed by atoms with van der Waals surface area (Å²) in [5, 5.41) is 1.27. The number of hydrogen-bond donors (Lipinski definition) is 5. The normalized spacial score (nSPS) is 15.3. The summed E-state index contributed by atoms with van der Waals surface area (Å²) < 4.78 is 14.4. The van der Waals surface area contributed by atoms with E-state index in [4.69, 9.17) is 17.4 Å². The molecular weight excluding hydrogens is 445 g/mol. The Bertz CT molecular complexity index is 1220. The number of nitrogens with zero attached hydrogens (tertiary/aromatic N) is 4. The molecule has 12 nitrogen and oxygen atoms in total. The first-order valence-corrected chi connectivity index (χ1v) is 10.4. The molecule has 8 N–H and O–H groups in total. The van der Waals surface area contributed by atoms with E-state index < -0.39 is 29.7 Å². The number of pyridine rings is 1. The third-order valence-electron chi connectivity index (χ3n) is 5.75. The van der Waals surface area contributed by atoms with Crippen LogP contribution in [-0.2, 0) is 4.79 Å². The molecule has 0 aliphatic carbocycles. The van der Waals surface area contributed by atoms with Crippen LogP contribution in [0.15, 0.2) is 42.7 Å². The first kappa shape index (κ1) is 23.3. The van der Waals surface area contributed by atoms with Gasteiger partial charge in [0, 0.05) is 32.4 Å². The largest absolute Gasteiger partial charge is 0.364 e. The number of halogens is 1. The fourth-order valence-electron chi connectivity index (χ4n) is 4.01. The lowest BCUT2D eigenvalue weighted by Crippen LogP contribution is -2.65. The number of Topliss-reactive ketones (excluding diaryl/α,β-unsaturated/α-hetero) is 1. The molecule has 2 aromatic heterocycles. The number of aromatic amines is 1. The molecule has 178 valence electrons. The second-order valence-corrected chi connectivity index (χ2v) is 7.71. The number of carbonyl (C=O) groups excluding carboxylic acids is 3. The number of ketones is 1. The highest BCUT2D eigenvalue weighted by molar-refractivity contribution is 6.45. The van der Waals surface area contributed by atoms with Crippen LogP contribution in [0.2, 0.25) is 0 Å². The van der Waals surface area contributed by atoms with Crippen molar-refractivity contribution in [3.63, 3.8) is 0 Å². The lowest BCUT2D eigenvalue weighted by atomic mass is 10.1. The van der Waals surface area contributed by atoms with Crippen molar-refractivity contribution in [2.24, 2.45) is 17.4 Å². The third-order valence-corrected chi connectivity index (χ3v) is 5.75. The number of nitrogens with one attached hydrogen (secondary N) is 2. The van der Waals surface area contributed by atoms with Gasteiger partial charge in [0.25, 0.3) is 17.6 Å². The molecule has 1 unspecified atom stereocenters. The lowest BCUT2D eigenvalue weighted by molar-refractivity contribution is -0.128. The summed E-state index contributed by atoms with van der Waals surface area (Å²) in [6.45, 7) is 1.22. The van der Waals surface area contributed by atoms with Crippen LogP contribution in [0.5, 0.6) is 0 Å². The fourth-order valence-corrected chi connectivity index (χ4v) is 4.01. The number of para-hydroxylation sites is 1. The number of benzene rings is 1. The van der Waals surface area contributed by atoms with Gasteiger partial charge >= 0.3 is 0 Å². The zero-order chi connectivity index (χ0) is 24.4. The van der Waals surface area contributed by atoms with E-state index in [0.29, 0.717) is 13.1 Å². The van der Waals surface area contributed by atoms with Crippen molar-refractivity contribution in [1.29, 1.82) is 0 Å². The Kier molecular flexibility index (Phi) is 6.51. The number of anilines is 1. The van der Waals surface area contributed by atoms with Gasteiger partial charge in [-0.3, -0.25) is 30.1 Å². The van der Waals surface area contributed by atoms with E-state index in [-0.39, 0.29) is 35.2 Å². The van der Waals surface area contributed by atoms with Crippen LogP contribution in [-0.4, -0.2) is 69.8 Å². The van der Waals surface area contributed by atoms with Crippen molar-refractivity contribution < 1.29 is 18.8 Å². The molecule has 3 heterocycles. The maximum Gasteiger partial charge on any atom is 0.295 e. The minimum Gasteiger partial charge on any atom is -0.364 e. The number of H-pyrrole nitrogens is 1. The van der Waals surface area contributed by atoms with E-state index in [0.717, 1.165) is 11.9 Å². The number of hydrogen-bond acceptors (Lipinski definition) is 9. The Morgan fingerprint density at radius 1 is 1.15 bits per heavy atom. The maximum absolute atomic E-state index is 14.4. The fraction of sp³-hybridized carbons (Fsp3) is 0.238. The van der Waals surface area contributed by atoms with E-state index >= 15 is 0 Å². The quantitative estimate of drug-likeness (QED) is 0.0978.